The second-order valence-corrected chi connectivity index (χ2v) is 8.11. The smallest absolute Gasteiger partial charge is 0.359 e. The first-order valence-corrected chi connectivity index (χ1v) is 13.5. The maximum atomic E-state index is 13.2. The molecular formula is C24H50N6O7. The fourth-order valence-corrected chi connectivity index (χ4v) is 3.75. The zero-order valence-electron chi connectivity index (χ0n) is 24.4. The Morgan fingerprint density at radius 2 is 0.784 bits per heavy atom. The lowest BCUT2D eigenvalue weighted by Gasteiger charge is -2.35. The van der Waals surface area contributed by atoms with Crippen LogP contribution in [-0.2, 0) is 28.9 Å². The quantitative estimate of drug-likeness (QED) is 0.228. The monoisotopic (exact) mass is 534 g/mol. The number of aliphatic hydroxyl groups is 1. The highest BCUT2D eigenvalue weighted by Gasteiger charge is 2.46. The van der Waals surface area contributed by atoms with Crippen LogP contribution >= 0.6 is 0 Å². The van der Waals surface area contributed by atoms with Crippen molar-refractivity contribution in [3.8, 4) is 0 Å². The van der Waals surface area contributed by atoms with Crippen molar-refractivity contribution in [2.75, 3.05) is 58.9 Å². The van der Waals surface area contributed by atoms with Crippen molar-refractivity contribution in [3.05, 3.63) is 0 Å². The van der Waals surface area contributed by atoms with E-state index in [1.807, 2.05) is 41.5 Å². The maximum absolute atomic E-state index is 13.2. The molecule has 0 rings (SSSR count). The van der Waals surface area contributed by atoms with Crippen molar-refractivity contribution in [2.24, 2.45) is 0 Å². The molecule has 0 radical (unpaired) electrons. The van der Waals surface area contributed by atoms with Gasteiger partial charge in [0.1, 0.15) is 0 Å². The Labute approximate surface area is 222 Å². The summed E-state index contributed by atoms with van der Waals surface area (Å²) in [5.41, 5.74) is -2.51. The van der Waals surface area contributed by atoms with Gasteiger partial charge in [-0.15, -0.1) is 0 Å². The summed E-state index contributed by atoms with van der Waals surface area (Å²) in [6.07, 6.45) is -1.60. The van der Waals surface area contributed by atoms with E-state index >= 15 is 0 Å². The number of nitrogens with zero attached hydrogens (tertiary/aromatic N) is 6. The van der Waals surface area contributed by atoms with Gasteiger partial charge >= 0.3 is 17.9 Å². The van der Waals surface area contributed by atoms with Gasteiger partial charge in [0, 0.05) is 58.9 Å². The molecule has 37 heavy (non-hydrogen) atoms. The zero-order valence-corrected chi connectivity index (χ0v) is 24.4. The van der Waals surface area contributed by atoms with Crippen LogP contribution in [0.2, 0.25) is 0 Å². The SMILES string of the molecule is CCN(CC)N(CC)OC(=O)CC(O)(CC(=O)ON(CC)N(CC)CC)C(=O)ON(CC)N(CC)CC. The molecule has 0 aliphatic carbocycles. The van der Waals surface area contributed by atoms with Crippen LogP contribution in [0.4, 0.5) is 0 Å². The molecule has 0 aliphatic rings. The van der Waals surface area contributed by atoms with Crippen LogP contribution in [0, 0.1) is 0 Å². The van der Waals surface area contributed by atoms with Gasteiger partial charge in [-0.05, 0) is 20.8 Å². The maximum Gasteiger partial charge on any atom is 0.359 e. The first-order valence-electron chi connectivity index (χ1n) is 13.5. The van der Waals surface area contributed by atoms with Gasteiger partial charge in [-0.1, -0.05) is 57.1 Å². The average molecular weight is 535 g/mol. The summed E-state index contributed by atoms with van der Waals surface area (Å²) >= 11 is 0. The van der Waals surface area contributed by atoms with E-state index in [2.05, 4.69) is 0 Å². The molecule has 0 fully saturated rings. The highest BCUT2D eigenvalue weighted by atomic mass is 16.8. The normalized spacial score (nSPS) is 12.3. The highest BCUT2D eigenvalue weighted by Crippen LogP contribution is 2.22. The molecule has 0 aliphatic heterocycles. The first-order chi connectivity index (χ1) is 17.5. The Bertz CT molecular complexity index is 636. The van der Waals surface area contributed by atoms with Crippen molar-refractivity contribution >= 4 is 17.9 Å². The molecule has 0 bridgehead atoms. The van der Waals surface area contributed by atoms with Gasteiger partial charge in [0.05, 0.1) is 12.8 Å². The lowest BCUT2D eigenvalue weighted by Crippen LogP contribution is -2.52. The minimum atomic E-state index is -2.51. The van der Waals surface area contributed by atoms with E-state index in [4.69, 9.17) is 14.5 Å². The van der Waals surface area contributed by atoms with Crippen molar-refractivity contribution in [1.29, 1.82) is 0 Å². The first kappa shape index (κ1) is 35.1. The lowest BCUT2D eigenvalue weighted by molar-refractivity contribution is -0.284. The second-order valence-electron chi connectivity index (χ2n) is 8.11. The van der Waals surface area contributed by atoms with E-state index in [9.17, 15) is 19.5 Å². The molecule has 0 amide bonds. The van der Waals surface area contributed by atoms with E-state index in [1.165, 1.54) is 15.5 Å². The minimum Gasteiger partial charge on any atom is -0.377 e. The standard InChI is InChI=1S/C24H50N6O7/c1-10-25(11-2)28(16-7)35-21(31)19-24(34,23(33)37-30(18-9)27(14-5)15-6)20-22(32)36-29(17-8)26(12-3)13-4/h34H,10-20H2,1-9H3. The number of carbonyl (C=O) groups excluding carboxylic acids is 3. The Balaban J connectivity index is 5.92. The van der Waals surface area contributed by atoms with Gasteiger partial charge in [-0.3, -0.25) is 9.59 Å². The number of rotatable bonds is 20. The Hall–Kier alpha value is -1.87. The van der Waals surface area contributed by atoms with Crippen LogP contribution in [0.25, 0.3) is 0 Å². The van der Waals surface area contributed by atoms with Gasteiger partial charge in [-0.2, -0.15) is 0 Å². The van der Waals surface area contributed by atoms with Gasteiger partial charge in [0.15, 0.2) is 5.60 Å². The predicted molar refractivity (Wildman–Crippen MR) is 138 cm³/mol. The van der Waals surface area contributed by atoms with E-state index in [1.54, 1.807) is 35.8 Å². The molecule has 0 atom stereocenters. The van der Waals surface area contributed by atoms with Crippen LogP contribution in [-0.4, -0.2) is 118 Å². The summed E-state index contributed by atoms with van der Waals surface area (Å²) in [6.45, 7) is 21.3. The summed E-state index contributed by atoms with van der Waals surface area (Å²) in [5, 5.41) is 20.7. The number of hydrogen-bond donors (Lipinski definition) is 1. The fourth-order valence-electron chi connectivity index (χ4n) is 3.75. The third-order valence-electron chi connectivity index (χ3n) is 5.80. The van der Waals surface area contributed by atoms with Crippen molar-refractivity contribution in [1.82, 2.24) is 30.5 Å². The summed E-state index contributed by atoms with van der Waals surface area (Å²) < 4.78 is 0. The van der Waals surface area contributed by atoms with Crippen LogP contribution in [0.3, 0.4) is 0 Å². The zero-order chi connectivity index (χ0) is 28.6. The molecule has 0 aromatic rings. The number of hydrazine groups is 3. The fraction of sp³-hybridized carbons (Fsp3) is 0.875. The average Bonchev–Trinajstić information content (AvgIpc) is 2.88. The van der Waals surface area contributed by atoms with Gasteiger partial charge < -0.3 is 19.6 Å². The van der Waals surface area contributed by atoms with Crippen LogP contribution < -0.4 is 0 Å². The number of hydroxylamine groups is 3. The summed E-state index contributed by atoms with van der Waals surface area (Å²) in [7, 11) is 0. The molecule has 0 heterocycles. The highest BCUT2D eigenvalue weighted by molar-refractivity contribution is 5.89. The summed E-state index contributed by atoms with van der Waals surface area (Å²) in [5.74, 6) is -2.92. The molecule has 0 aromatic heterocycles. The Kier molecular flexibility index (Phi) is 17.5. The van der Waals surface area contributed by atoms with Crippen LogP contribution in [0.1, 0.15) is 75.2 Å². The molecule has 1 N–H and O–H groups in total. The Morgan fingerprint density at radius 3 is 1.03 bits per heavy atom. The molecule has 13 nitrogen and oxygen atoms in total. The number of hydrogen-bond acceptors (Lipinski definition) is 13. The van der Waals surface area contributed by atoms with Crippen molar-refractivity contribution in [2.45, 2.75) is 80.8 Å². The van der Waals surface area contributed by atoms with E-state index < -0.39 is 36.4 Å². The molecule has 218 valence electrons. The van der Waals surface area contributed by atoms with Gasteiger partial charge in [-0.25, -0.2) is 19.8 Å². The largest absolute Gasteiger partial charge is 0.377 e. The third kappa shape index (κ3) is 11.2. The molecule has 0 spiro atoms. The number of carbonyl (C=O) groups is 3. The van der Waals surface area contributed by atoms with Gasteiger partial charge in [0.2, 0.25) is 0 Å². The summed E-state index contributed by atoms with van der Waals surface area (Å²) in [6, 6.07) is 0. The van der Waals surface area contributed by atoms with Crippen molar-refractivity contribution in [3.63, 3.8) is 0 Å². The predicted octanol–water partition coefficient (Wildman–Crippen LogP) is 1.61. The summed E-state index contributed by atoms with van der Waals surface area (Å²) in [4.78, 5) is 55.3. The lowest BCUT2D eigenvalue weighted by atomic mass is 9.96. The van der Waals surface area contributed by atoms with Crippen LogP contribution in [0.5, 0.6) is 0 Å². The second kappa shape index (κ2) is 18.4. The third-order valence-corrected chi connectivity index (χ3v) is 5.80. The van der Waals surface area contributed by atoms with Crippen LogP contribution in [0.15, 0.2) is 0 Å². The van der Waals surface area contributed by atoms with E-state index in [-0.39, 0.29) is 0 Å². The van der Waals surface area contributed by atoms with Gasteiger partial charge in [0.25, 0.3) is 0 Å². The molecule has 0 unspecified atom stereocenters. The molecule has 0 saturated carbocycles. The molecule has 0 aromatic carbocycles. The Morgan fingerprint density at radius 1 is 0.514 bits per heavy atom. The molecule has 0 saturated heterocycles. The molecule has 13 heteroatoms. The van der Waals surface area contributed by atoms with Crippen molar-refractivity contribution < 1.29 is 34.0 Å². The topological polar surface area (TPSA) is 119 Å². The molecular weight excluding hydrogens is 484 g/mol. The van der Waals surface area contributed by atoms with E-state index in [0.29, 0.717) is 58.9 Å². The minimum absolute atomic E-state index is 0.301. The van der Waals surface area contributed by atoms with E-state index in [0.717, 1.165) is 0 Å².